The molecule has 2 heterocycles. The number of anilines is 1. The highest BCUT2D eigenvalue weighted by Crippen LogP contribution is 2.44. The van der Waals surface area contributed by atoms with Gasteiger partial charge in [0.25, 0.3) is 5.78 Å². The number of thioether (sulfide) groups is 1. The molecule has 0 saturated carbocycles. The van der Waals surface area contributed by atoms with Gasteiger partial charge in [-0.3, -0.25) is 14.5 Å². The number of hydrogen-bond donors (Lipinski definition) is 1. The van der Waals surface area contributed by atoms with E-state index in [1.165, 1.54) is 28.0 Å². The van der Waals surface area contributed by atoms with Crippen LogP contribution in [0, 0.1) is 0 Å². The van der Waals surface area contributed by atoms with Crippen LogP contribution in [0.2, 0.25) is 5.02 Å². The van der Waals surface area contributed by atoms with Gasteiger partial charge in [-0.1, -0.05) is 84.1 Å². The molecule has 10 heteroatoms. The van der Waals surface area contributed by atoms with Gasteiger partial charge in [-0.05, 0) is 53.9 Å². The fourth-order valence-electron chi connectivity index (χ4n) is 4.15. The number of ether oxygens (including phenoxy) is 1. The highest BCUT2D eigenvalue weighted by Gasteiger charge is 2.48. The lowest BCUT2D eigenvalue weighted by Crippen LogP contribution is -2.29. The smallest absolute Gasteiger partial charge is 0.301 e. The van der Waals surface area contributed by atoms with Crippen molar-refractivity contribution in [2.45, 2.75) is 29.5 Å². The predicted octanol–water partition coefficient (Wildman–Crippen LogP) is 6.90. The van der Waals surface area contributed by atoms with Crippen LogP contribution >= 0.6 is 34.7 Å². The van der Waals surface area contributed by atoms with E-state index >= 15 is 0 Å². The monoisotopic (exact) mass is 577 g/mol. The van der Waals surface area contributed by atoms with Crippen molar-refractivity contribution in [1.82, 2.24) is 10.2 Å². The summed E-state index contributed by atoms with van der Waals surface area (Å²) in [6, 6.07) is 22.6. The number of Topliss-reactive ketones (excluding diaryl/α,β-unsaturated/α-hetero) is 1. The molecule has 1 aliphatic rings. The molecule has 1 saturated heterocycles. The molecule has 0 aliphatic carbocycles. The van der Waals surface area contributed by atoms with E-state index in [1.807, 2.05) is 37.3 Å². The molecular weight excluding hydrogens is 554 g/mol. The molecule has 1 fully saturated rings. The average Bonchev–Trinajstić information content (AvgIpc) is 3.53. The second-order valence-electron chi connectivity index (χ2n) is 8.72. The van der Waals surface area contributed by atoms with E-state index in [-0.39, 0.29) is 16.5 Å². The summed E-state index contributed by atoms with van der Waals surface area (Å²) in [6.07, 6.45) is 0.865. The summed E-state index contributed by atoms with van der Waals surface area (Å²) < 4.78 is 6.29. The first kappa shape index (κ1) is 26.9. The lowest BCUT2D eigenvalue weighted by molar-refractivity contribution is -0.132. The van der Waals surface area contributed by atoms with Gasteiger partial charge in [-0.2, -0.15) is 0 Å². The standard InChI is InChI=1S/C29H24ClN3O4S2/c1-2-16-37-22-14-10-20(11-15-22)25(34)23-24(19-8-12-21(30)13-9-19)33(27(36)26(23)35)28-31-32-29(39-28)38-17-18-6-4-3-5-7-18/h3-15,24,34H,2,16-17H2,1H3/b25-23+. The summed E-state index contributed by atoms with van der Waals surface area (Å²) in [5.41, 5.74) is 2.11. The van der Waals surface area contributed by atoms with Gasteiger partial charge in [0.1, 0.15) is 11.5 Å². The van der Waals surface area contributed by atoms with Gasteiger partial charge in [0, 0.05) is 16.3 Å². The van der Waals surface area contributed by atoms with Crippen molar-refractivity contribution in [3.05, 3.63) is 106 Å². The number of hydrogen-bond acceptors (Lipinski definition) is 8. The molecule has 0 spiro atoms. The first-order valence-corrected chi connectivity index (χ1v) is 14.4. The molecule has 5 rings (SSSR count). The van der Waals surface area contributed by atoms with Crippen LogP contribution in [0.4, 0.5) is 5.13 Å². The maximum Gasteiger partial charge on any atom is 0.301 e. The van der Waals surface area contributed by atoms with Crippen molar-refractivity contribution in [3.8, 4) is 5.75 Å². The fourth-order valence-corrected chi connectivity index (χ4v) is 6.10. The molecule has 1 aliphatic heterocycles. The number of ketones is 1. The van der Waals surface area contributed by atoms with Crippen LogP contribution in [0.3, 0.4) is 0 Å². The van der Waals surface area contributed by atoms with E-state index in [9.17, 15) is 14.7 Å². The molecular formula is C29H24ClN3O4S2. The van der Waals surface area contributed by atoms with Crippen molar-refractivity contribution < 1.29 is 19.4 Å². The predicted molar refractivity (Wildman–Crippen MR) is 154 cm³/mol. The highest BCUT2D eigenvalue weighted by atomic mass is 35.5. The fraction of sp³-hybridized carbons (Fsp3) is 0.172. The van der Waals surface area contributed by atoms with Gasteiger partial charge < -0.3 is 9.84 Å². The lowest BCUT2D eigenvalue weighted by atomic mass is 9.95. The summed E-state index contributed by atoms with van der Waals surface area (Å²) >= 11 is 8.84. The van der Waals surface area contributed by atoms with Crippen molar-refractivity contribution in [2.24, 2.45) is 0 Å². The zero-order valence-corrected chi connectivity index (χ0v) is 23.3. The summed E-state index contributed by atoms with van der Waals surface area (Å²) in [5.74, 6) is -0.520. The van der Waals surface area contributed by atoms with E-state index in [2.05, 4.69) is 10.2 Å². The molecule has 0 bridgehead atoms. The van der Waals surface area contributed by atoms with E-state index in [0.29, 0.717) is 38.6 Å². The van der Waals surface area contributed by atoms with E-state index in [0.717, 1.165) is 12.0 Å². The third-order valence-corrected chi connectivity index (χ3v) is 8.42. The Kier molecular flexibility index (Phi) is 8.30. The van der Waals surface area contributed by atoms with Gasteiger partial charge in [0.05, 0.1) is 18.2 Å². The van der Waals surface area contributed by atoms with Gasteiger partial charge in [0.15, 0.2) is 4.34 Å². The van der Waals surface area contributed by atoms with Crippen LogP contribution in [0.5, 0.6) is 5.75 Å². The third-order valence-electron chi connectivity index (χ3n) is 6.04. The minimum Gasteiger partial charge on any atom is -0.507 e. The van der Waals surface area contributed by atoms with Crippen LogP contribution in [-0.4, -0.2) is 33.6 Å². The quantitative estimate of drug-likeness (QED) is 0.0760. The van der Waals surface area contributed by atoms with E-state index in [4.69, 9.17) is 16.3 Å². The van der Waals surface area contributed by atoms with Crippen molar-refractivity contribution in [1.29, 1.82) is 0 Å². The van der Waals surface area contributed by atoms with Gasteiger partial charge in [-0.15, -0.1) is 10.2 Å². The normalized spacial score (nSPS) is 16.6. The molecule has 3 aromatic carbocycles. The second kappa shape index (κ2) is 12.0. The first-order valence-electron chi connectivity index (χ1n) is 12.3. The zero-order chi connectivity index (χ0) is 27.4. The molecule has 1 unspecified atom stereocenters. The van der Waals surface area contributed by atoms with Crippen LogP contribution in [-0.2, 0) is 15.3 Å². The number of halogens is 1. The molecule has 1 aromatic heterocycles. The summed E-state index contributed by atoms with van der Waals surface area (Å²) in [6.45, 7) is 2.58. The zero-order valence-electron chi connectivity index (χ0n) is 20.9. The molecule has 1 amide bonds. The Bertz CT molecular complexity index is 1510. The van der Waals surface area contributed by atoms with Crippen molar-refractivity contribution >= 4 is 57.3 Å². The maximum atomic E-state index is 13.4. The molecule has 39 heavy (non-hydrogen) atoms. The van der Waals surface area contributed by atoms with Gasteiger partial charge >= 0.3 is 5.91 Å². The number of carbonyl (C=O) groups is 2. The largest absolute Gasteiger partial charge is 0.507 e. The summed E-state index contributed by atoms with van der Waals surface area (Å²) in [4.78, 5) is 28.1. The van der Waals surface area contributed by atoms with Crippen LogP contribution < -0.4 is 9.64 Å². The van der Waals surface area contributed by atoms with Gasteiger partial charge in [0.2, 0.25) is 5.13 Å². The Morgan fingerprint density at radius 1 is 1.03 bits per heavy atom. The number of benzene rings is 3. The Morgan fingerprint density at radius 3 is 2.44 bits per heavy atom. The van der Waals surface area contributed by atoms with E-state index < -0.39 is 17.7 Å². The molecule has 4 aromatic rings. The Hall–Kier alpha value is -3.66. The molecule has 0 radical (unpaired) electrons. The highest BCUT2D eigenvalue weighted by molar-refractivity contribution is 8.00. The number of aliphatic hydroxyl groups excluding tert-OH is 1. The van der Waals surface area contributed by atoms with Crippen LogP contribution in [0.25, 0.3) is 5.76 Å². The molecule has 7 nitrogen and oxygen atoms in total. The average molecular weight is 578 g/mol. The van der Waals surface area contributed by atoms with Crippen LogP contribution in [0.1, 0.15) is 36.1 Å². The SMILES string of the molecule is CCCOc1ccc(/C(O)=C2\C(=O)C(=O)N(c3nnc(SCc4ccccc4)s3)C2c2ccc(Cl)cc2)cc1. The van der Waals surface area contributed by atoms with E-state index in [1.54, 1.807) is 48.5 Å². The van der Waals surface area contributed by atoms with Gasteiger partial charge in [-0.25, -0.2) is 0 Å². The molecule has 198 valence electrons. The third kappa shape index (κ3) is 5.85. The lowest BCUT2D eigenvalue weighted by Gasteiger charge is -2.22. The second-order valence-corrected chi connectivity index (χ2v) is 11.3. The number of rotatable bonds is 9. The molecule has 1 N–H and O–H groups in total. The summed E-state index contributed by atoms with van der Waals surface area (Å²) in [7, 11) is 0. The molecule has 1 atom stereocenters. The summed E-state index contributed by atoms with van der Waals surface area (Å²) in [5, 5.41) is 20.6. The van der Waals surface area contributed by atoms with Crippen molar-refractivity contribution in [3.63, 3.8) is 0 Å². The Morgan fingerprint density at radius 2 is 1.74 bits per heavy atom. The maximum absolute atomic E-state index is 13.4. The number of amides is 1. The van der Waals surface area contributed by atoms with Crippen molar-refractivity contribution in [2.75, 3.05) is 11.5 Å². The number of aromatic nitrogens is 2. The minimum absolute atomic E-state index is 0.0294. The number of nitrogens with zero attached hydrogens (tertiary/aromatic N) is 3. The number of aliphatic hydroxyl groups is 1. The first-order chi connectivity index (χ1) is 19.0. The van der Waals surface area contributed by atoms with Crippen LogP contribution in [0.15, 0.2) is 88.8 Å². The number of carbonyl (C=O) groups excluding carboxylic acids is 2. The minimum atomic E-state index is -0.904. The topological polar surface area (TPSA) is 92.6 Å². The Labute approximate surface area is 239 Å². The Balaban J connectivity index is 1.51.